The number of piperazine rings is 1. The van der Waals surface area contributed by atoms with E-state index in [1.165, 1.54) is 0 Å². The van der Waals surface area contributed by atoms with Gasteiger partial charge < -0.3 is 24.4 Å². The molecular weight excluding hydrogens is 370 g/mol. The molecule has 0 unspecified atom stereocenters. The van der Waals surface area contributed by atoms with E-state index in [2.05, 4.69) is 10.2 Å². The molecule has 3 rings (SSSR count). The zero-order chi connectivity index (χ0) is 20.6. The zero-order valence-corrected chi connectivity index (χ0v) is 17.3. The first-order valence-electron chi connectivity index (χ1n) is 9.72. The van der Waals surface area contributed by atoms with E-state index in [4.69, 9.17) is 14.2 Å². The molecule has 0 atom stereocenters. The second-order valence-corrected chi connectivity index (χ2v) is 6.95. The van der Waals surface area contributed by atoms with Gasteiger partial charge in [0.05, 0.1) is 21.3 Å². The van der Waals surface area contributed by atoms with Crippen LogP contribution in [0.2, 0.25) is 0 Å². The third kappa shape index (κ3) is 5.54. The topological polar surface area (TPSA) is 63.3 Å². The fourth-order valence-corrected chi connectivity index (χ4v) is 3.43. The molecule has 0 aliphatic carbocycles. The van der Waals surface area contributed by atoms with Crippen molar-refractivity contribution >= 4 is 6.03 Å². The van der Waals surface area contributed by atoms with Gasteiger partial charge in [0.1, 0.15) is 17.2 Å². The molecule has 1 fully saturated rings. The summed E-state index contributed by atoms with van der Waals surface area (Å²) >= 11 is 0. The van der Waals surface area contributed by atoms with E-state index < -0.39 is 0 Å². The van der Waals surface area contributed by atoms with Gasteiger partial charge in [0.15, 0.2) is 0 Å². The van der Waals surface area contributed by atoms with Crippen LogP contribution in [-0.4, -0.2) is 63.3 Å². The standard InChI is InChI=1S/C22H29N3O4/c1-27-19-6-4-5-17(13-19)15-23-22(26)25-11-9-24(10-12-25)16-18-14-20(28-2)7-8-21(18)29-3/h4-8,13-14H,9-12,15-16H2,1-3H3,(H,23,26). The average Bonchev–Trinajstić information content (AvgIpc) is 2.78. The number of rotatable bonds is 7. The molecule has 2 aromatic rings. The Hall–Kier alpha value is -2.93. The maximum atomic E-state index is 12.5. The third-order valence-corrected chi connectivity index (χ3v) is 5.12. The summed E-state index contributed by atoms with van der Waals surface area (Å²) in [5.74, 6) is 2.46. The van der Waals surface area contributed by atoms with Crippen molar-refractivity contribution in [1.29, 1.82) is 0 Å². The molecule has 29 heavy (non-hydrogen) atoms. The lowest BCUT2D eigenvalue weighted by Crippen LogP contribution is -2.51. The first-order chi connectivity index (χ1) is 14.1. The van der Waals surface area contributed by atoms with Gasteiger partial charge >= 0.3 is 6.03 Å². The molecule has 1 aliphatic heterocycles. The van der Waals surface area contributed by atoms with Crippen LogP contribution >= 0.6 is 0 Å². The second-order valence-electron chi connectivity index (χ2n) is 6.95. The fourth-order valence-electron chi connectivity index (χ4n) is 3.43. The smallest absolute Gasteiger partial charge is 0.317 e. The number of benzene rings is 2. The van der Waals surface area contributed by atoms with Crippen molar-refractivity contribution in [2.45, 2.75) is 13.1 Å². The van der Waals surface area contributed by atoms with Crippen molar-refractivity contribution in [3.05, 3.63) is 53.6 Å². The van der Waals surface area contributed by atoms with Gasteiger partial charge in [0.2, 0.25) is 0 Å². The minimum absolute atomic E-state index is 0.0357. The zero-order valence-electron chi connectivity index (χ0n) is 17.3. The van der Waals surface area contributed by atoms with Gasteiger partial charge in [-0.25, -0.2) is 4.79 Å². The Bertz CT molecular complexity index is 819. The minimum atomic E-state index is -0.0357. The van der Waals surface area contributed by atoms with Crippen LogP contribution in [0.25, 0.3) is 0 Å². The number of urea groups is 1. The van der Waals surface area contributed by atoms with E-state index in [-0.39, 0.29) is 6.03 Å². The number of amides is 2. The summed E-state index contributed by atoms with van der Waals surface area (Å²) < 4.78 is 16.0. The predicted octanol–water partition coefficient (Wildman–Crippen LogP) is 2.74. The highest BCUT2D eigenvalue weighted by Gasteiger charge is 2.22. The summed E-state index contributed by atoms with van der Waals surface area (Å²) in [6.07, 6.45) is 0. The molecule has 1 saturated heterocycles. The number of ether oxygens (including phenoxy) is 3. The molecule has 1 N–H and O–H groups in total. The van der Waals surface area contributed by atoms with Crippen LogP contribution < -0.4 is 19.5 Å². The van der Waals surface area contributed by atoms with E-state index in [0.717, 1.165) is 48.0 Å². The number of nitrogens with zero attached hydrogens (tertiary/aromatic N) is 2. The summed E-state index contributed by atoms with van der Waals surface area (Å²) in [6.45, 7) is 4.25. The lowest BCUT2D eigenvalue weighted by Gasteiger charge is -2.35. The van der Waals surface area contributed by atoms with Gasteiger partial charge in [0.25, 0.3) is 0 Å². The molecule has 2 amide bonds. The molecule has 156 valence electrons. The van der Waals surface area contributed by atoms with Gasteiger partial charge in [-0.3, -0.25) is 4.90 Å². The number of methoxy groups -OCH3 is 3. The van der Waals surface area contributed by atoms with E-state index in [9.17, 15) is 4.79 Å². The summed E-state index contributed by atoms with van der Waals surface area (Å²) in [4.78, 5) is 16.7. The van der Waals surface area contributed by atoms with E-state index in [0.29, 0.717) is 19.6 Å². The third-order valence-electron chi connectivity index (χ3n) is 5.12. The number of hydrogen-bond acceptors (Lipinski definition) is 5. The molecule has 0 bridgehead atoms. The summed E-state index contributed by atoms with van der Waals surface area (Å²) in [6, 6.07) is 13.5. The second kappa shape index (κ2) is 10.0. The van der Waals surface area contributed by atoms with Crippen LogP contribution in [0.15, 0.2) is 42.5 Å². The van der Waals surface area contributed by atoms with Crippen LogP contribution in [0.5, 0.6) is 17.2 Å². The van der Waals surface area contributed by atoms with Gasteiger partial charge in [-0.15, -0.1) is 0 Å². The average molecular weight is 399 g/mol. The van der Waals surface area contributed by atoms with Crippen molar-refractivity contribution in [1.82, 2.24) is 15.1 Å². The summed E-state index contributed by atoms with van der Waals surface area (Å²) in [5, 5.41) is 2.99. The molecule has 0 aromatic heterocycles. The largest absolute Gasteiger partial charge is 0.497 e. The van der Waals surface area contributed by atoms with E-state index in [1.54, 1.807) is 21.3 Å². The van der Waals surface area contributed by atoms with Gasteiger partial charge in [-0.05, 0) is 35.9 Å². The van der Waals surface area contributed by atoms with E-state index in [1.807, 2.05) is 47.4 Å². The van der Waals surface area contributed by atoms with Crippen LogP contribution in [0.3, 0.4) is 0 Å². The Balaban J connectivity index is 1.49. The normalized spacial score (nSPS) is 14.4. The SMILES string of the molecule is COc1cccc(CNC(=O)N2CCN(Cc3cc(OC)ccc3OC)CC2)c1. The molecule has 7 heteroatoms. The van der Waals surface area contributed by atoms with Crippen LogP contribution in [0.1, 0.15) is 11.1 Å². The fraction of sp³-hybridized carbons (Fsp3) is 0.409. The van der Waals surface area contributed by atoms with Crippen LogP contribution in [0.4, 0.5) is 4.79 Å². The van der Waals surface area contributed by atoms with Crippen molar-refractivity contribution < 1.29 is 19.0 Å². The minimum Gasteiger partial charge on any atom is -0.497 e. The van der Waals surface area contributed by atoms with Crippen molar-refractivity contribution in [2.75, 3.05) is 47.5 Å². The Labute approximate surface area is 172 Å². The number of carbonyl (C=O) groups is 1. The molecule has 7 nitrogen and oxygen atoms in total. The predicted molar refractivity (Wildman–Crippen MR) is 112 cm³/mol. The molecule has 0 saturated carbocycles. The highest BCUT2D eigenvalue weighted by molar-refractivity contribution is 5.74. The molecule has 0 radical (unpaired) electrons. The molecule has 1 heterocycles. The maximum absolute atomic E-state index is 12.5. The van der Waals surface area contributed by atoms with Crippen molar-refractivity contribution in [3.63, 3.8) is 0 Å². The van der Waals surface area contributed by atoms with Crippen molar-refractivity contribution in [3.8, 4) is 17.2 Å². The molecule has 1 aliphatic rings. The number of nitrogens with one attached hydrogen (secondary N) is 1. The summed E-state index contributed by atoms with van der Waals surface area (Å²) in [7, 11) is 4.97. The lowest BCUT2D eigenvalue weighted by atomic mass is 10.1. The molecule has 0 spiro atoms. The highest BCUT2D eigenvalue weighted by Crippen LogP contribution is 2.25. The Morgan fingerprint density at radius 3 is 2.34 bits per heavy atom. The quantitative estimate of drug-likeness (QED) is 0.776. The first kappa shape index (κ1) is 20.8. The highest BCUT2D eigenvalue weighted by atomic mass is 16.5. The van der Waals surface area contributed by atoms with Crippen LogP contribution in [-0.2, 0) is 13.1 Å². The molecular formula is C22H29N3O4. The summed E-state index contributed by atoms with van der Waals surface area (Å²) in [5.41, 5.74) is 2.10. The first-order valence-corrected chi connectivity index (χ1v) is 9.72. The number of carbonyl (C=O) groups excluding carboxylic acids is 1. The Kier molecular flexibility index (Phi) is 7.19. The van der Waals surface area contributed by atoms with Gasteiger partial charge in [0, 0.05) is 44.8 Å². The lowest BCUT2D eigenvalue weighted by molar-refractivity contribution is 0.134. The van der Waals surface area contributed by atoms with Gasteiger partial charge in [-0.2, -0.15) is 0 Å². The van der Waals surface area contributed by atoms with E-state index >= 15 is 0 Å². The van der Waals surface area contributed by atoms with Crippen LogP contribution in [0, 0.1) is 0 Å². The molecule has 2 aromatic carbocycles. The maximum Gasteiger partial charge on any atom is 0.317 e. The van der Waals surface area contributed by atoms with Crippen molar-refractivity contribution in [2.24, 2.45) is 0 Å². The van der Waals surface area contributed by atoms with Gasteiger partial charge in [-0.1, -0.05) is 12.1 Å². The monoisotopic (exact) mass is 399 g/mol. The number of hydrogen-bond donors (Lipinski definition) is 1. The Morgan fingerprint density at radius 2 is 1.66 bits per heavy atom. The Morgan fingerprint density at radius 1 is 0.931 bits per heavy atom.